The molecule has 2 fully saturated rings. The molecule has 0 radical (unpaired) electrons. The number of hydrogen-bond acceptors (Lipinski definition) is 6. The fourth-order valence-corrected chi connectivity index (χ4v) is 3.68. The van der Waals surface area contributed by atoms with Gasteiger partial charge in [0.25, 0.3) is 0 Å². The number of hydrogen-bond donors (Lipinski definition) is 3. The average molecular weight is 405 g/mol. The number of carboxylic acids is 1. The van der Waals surface area contributed by atoms with E-state index in [-0.39, 0.29) is 17.6 Å². The largest absolute Gasteiger partial charge is 0.478 e. The van der Waals surface area contributed by atoms with E-state index in [9.17, 15) is 14.7 Å². The zero-order chi connectivity index (χ0) is 21.0. The number of carboxylic acid groups (broad SMARTS) is 1. The van der Waals surface area contributed by atoms with Crippen LogP contribution < -0.4 is 15.5 Å². The van der Waals surface area contributed by atoms with Crippen molar-refractivity contribution in [3.05, 3.63) is 23.8 Å². The molecule has 0 aliphatic carbocycles. The maximum absolute atomic E-state index is 12.0. The molecule has 1 aromatic rings. The molecule has 3 rings (SSSR count). The molecular formula is C21H31N3O5. The number of aromatic carboxylic acids is 1. The molecule has 2 heterocycles. The average Bonchev–Trinajstić information content (AvgIpc) is 3.09. The Morgan fingerprint density at radius 1 is 1.17 bits per heavy atom. The van der Waals surface area contributed by atoms with E-state index in [1.165, 1.54) is 0 Å². The Hall–Kier alpha value is -2.48. The van der Waals surface area contributed by atoms with Gasteiger partial charge in [-0.1, -0.05) is 0 Å². The number of carbonyl (C=O) groups is 2. The predicted octanol–water partition coefficient (Wildman–Crippen LogP) is 3.08. The lowest BCUT2D eigenvalue weighted by atomic mass is 10.1. The van der Waals surface area contributed by atoms with E-state index in [0.29, 0.717) is 25.4 Å². The van der Waals surface area contributed by atoms with Gasteiger partial charge in [0.15, 0.2) is 0 Å². The van der Waals surface area contributed by atoms with Crippen LogP contribution in [0.3, 0.4) is 0 Å². The molecule has 0 unspecified atom stereocenters. The number of ether oxygens (including phenoxy) is 2. The van der Waals surface area contributed by atoms with E-state index in [1.807, 2.05) is 32.9 Å². The zero-order valence-electron chi connectivity index (χ0n) is 17.4. The molecule has 2 saturated heterocycles. The second kappa shape index (κ2) is 8.90. The van der Waals surface area contributed by atoms with Gasteiger partial charge in [0.05, 0.1) is 17.3 Å². The summed E-state index contributed by atoms with van der Waals surface area (Å²) < 4.78 is 10.7. The Bertz CT molecular complexity index is 740. The second-order valence-corrected chi connectivity index (χ2v) is 8.64. The summed E-state index contributed by atoms with van der Waals surface area (Å²) >= 11 is 0. The number of anilines is 2. The summed E-state index contributed by atoms with van der Waals surface area (Å²) in [6.45, 7) is 8.32. The molecule has 8 heteroatoms. The highest BCUT2D eigenvalue weighted by Crippen LogP contribution is 2.28. The van der Waals surface area contributed by atoms with Crippen molar-refractivity contribution in [3.63, 3.8) is 0 Å². The highest BCUT2D eigenvalue weighted by atomic mass is 16.6. The first kappa shape index (κ1) is 21.2. The topological polar surface area (TPSA) is 100 Å². The van der Waals surface area contributed by atoms with Gasteiger partial charge in [0.2, 0.25) is 0 Å². The quantitative estimate of drug-likeness (QED) is 0.692. The van der Waals surface area contributed by atoms with Crippen molar-refractivity contribution in [3.8, 4) is 0 Å². The molecule has 2 aliphatic heterocycles. The number of alkyl carbamates (subject to hydrolysis) is 1. The number of rotatable bonds is 5. The lowest BCUT2D eigenvalue weighted by Gasteiger charge is -2.26. The van der Waals surface area contributed by atoms with Crippen LogP contribution in [0, 0.1) is 0 Å². The minimum Gasteiger partial charge on any atom is -0.478 e. The summed E-state index contributed by atoms with van der Waals surface area (Å²) in [6.07, 6.45) is 2.11. The maximum Gasteiger partial charge on any atom is 0.407 e. The number of benzene rings is 1. The van der Waals surface area contributed by atoms with Gasteiger partial charge >= 0.3 is 12.1 Å². The molecule has 1 amide bonds. The van der Waals surface area contributed by atoms with Gasteiger partial charge in [0, 0.05) is 38.0 Å². The normalized spacial score (nSPS) is 20.4. The molecule has 1 atom stereocenters. The van der Waals surface area contributed by atoms with Crippen molar-refractivity contribution in [2.75, 3.05) is 36.5 Å². The van der Waals surface area contributed by atoms with Crippen LogP contribution in [0.15, 0.2) is 18.2 Å². The van der Waals surface area contributed by atoms with Crippen LogP contribution in [0.1, 0.15) is 50.4 Å². The molecule has 29 heavy (non-hydrogen) atoms. The van der Waals surface area contributed by atoms with E-state index in [0.717, 1.165) is 31.5 Å². The molecule has 160 valence electrons. The number of nitrogens with zero attached hydrogens (tertiary/aromatic N) is 1. The molecular weight excluding hydrogens is 374 g/mol. The number of nitrogens with one attached hydrogen (secondary N) is 2. The van der Waals surface area contributed by atoms with Crippen molar-refractivity contribution in [1.82, 2.24) is 5.32 Å². The molecule has 0 aromatic heterocycles. The van der Waals surface area contributed by atoms with Gasteiger partial charge in [-0.25, -0.2) is 9.59 Å². The summed E-state index contributed by atoms with van der Waals surface area (Å²) in [5.74, 6) is -0.947. The smallest absolute Gasteiger partial charge is 0.407 e. The maximum atomic E-state index is 12.0. The van der Waals surface area contributed by atoms with Gasteiger partial charge in [-0.3, -0.25) is 0 Å². The zero-order valence-corrected chi connectivity index (χ0v) is 17.4. The molecule has 8 nitrogen and oxygen atoms in total. The van der Waals surface area contributed by atoms with Gasteiger partial charge in [0.1, 0.15) is 5.60 Å². The minimum atomic E-state index is -0.947. The summed E-state index contributed by atoms with van der Waals surface area (Å²) in [6, 6.07) is 5.57. The molecule has 2 aliphatic rings. The first-order valence-corrected chi connectivity index (χ1v) is 10.2. The highest BCUT2D eigenvalue weighted by molar-refractivity contribution is 5.95. The molecule has 0 spiro atoms. The minimum absolute atomic E-state index is 0.00379. The third-order valence-electron chi connectivity index (χ3n) is 5.09. The standard InChI is InChI=1S/C21H31N3O5/c1-21(2,3)29-20(27)23-15-6-9-24(13-15)16-4-5-17(19(25)26)18(12-16)22-14-7-10-28-11-8-14/h4-5,12,14-15,22H,6-11,13H2,1-3H3,(H,23,27)(H,25,26)/t15-/m0/s1. The SMILES string of the molecule is CC(C)(C)OC(=O)N[C@H]1CCN(c2ccc(C(=O)O)c(NC3CCOCC3)c2)C1. The summed E-state index contributed by atoms with van der Waals surface area (Å²) in [7, 11) is 0. The van der Waals surface area contributed by atoms with Crippen molar-refractivity contribution >= 4 is 23.4 Å². The fourth-order valence-electron chi connectivity index (χ4n) is 3.68. The van der Waals surface area contributed by atoms with Crippen LogP contribution >= 0.6 is 0 Å². The van der Waals surface area contributed by atoms with Crippen LogP contribution in [-0.4, -0.2) is 61.2 Å². The Labute approximate surface area is 171 Å². The van der Waals surface area contributed by atoms with E-state index in [4.69, 9.17) is 9.47 Å². The highest BCUT2D eigenvalue weighted by Gasteiger charge is 2.27. The first-order valence-electron chi connectivity index (χ1n) is 10.2. The van der Waals surface area contributed by atoms with Crippen molar-refractivity contribution < 1.29 is 24.2 Å². The van der Waals surface area contributed by atoms with Crippen LogP contribution in [-0.2, 0) is 9.47 Å². The predicted molar refractivity (Wildman–Crippen MR) is 111 cm³/mol. The van der Waals surface area contributed by atoms with E-state index in [2.05, 4.69) is 15.5 Å². The van der Waals surface area contributed by atoms with Crippen LogP contribution in [0.4, 0.5) is 16.2 Å². The van der Waals surface area contributed by atoms with Crippen molar-refractivity contribution in [2.45, 2.75) is 57.7 Å². The lowest BCUT2D eigenvalue weighted by Crippen LogP contribution is -2.40. The van der Waals surface area contributed by atoms with Crippen LogP contribution in [0.25, 0.3) is 0 Å². The van der Waals surface area contributed by atoms with Crippen molar-refractivity contribution in [2.24, 2.45) is 0 Å². The molecule has 0 bridgehead atoms. The van der Waals surface area contributed by atoms with E-state index >= 15 is 0 Å². The van der Waals surface area contributed by atoms with E-state index in [1.54, 1.807) is 6.07 Å². The molecule has 0 saturated carbocycles. The Morgan fingerprint density at radius 2 is 1.90 bits per heavy atom. The van der Waals surface area contributed by atoms with E-state index < -0.39 is 17.7 Å². The molecule has 1 aromatic carbocycles. The summed E-state index contributed by atoms with van der Waals surface area (Å²) in [5.41, 5.74) is 1.31. The Kier molecular flexibility index (Phi) is 6.52. The van der Waals surface area contributed by atoms with Gasteiger partial charge in [-0.15, -0.1) is 0 Å². The first-order chi connectivity index (χ1) is 13.7. The Balaban J connectivity index is 1.66. The molecule has 3 N–H and O–H groups in total. The number of amides is 1. The third kappa shape index (κ3) is 6.00. The summed E-state index contributed by atoms with van der Waals surface area (Å²) in [4.78, 5) is 25.8. The van der Waals surface area contributed by atoms with Crippen LogP contribution in [0.5, 0.6) is 0 Å². The summed E-state index contributed by atoms with van der Waals surface area (Å²) in [5, 5.41) is 15.9. The van der Waals surface area contributed by atoms with Crippen molar-refractivity contribution in [1.29, 1.82) is 0 Å². The van der Waals surface area contributed by atoms with Gasteiger partial charge in [-0.2, -0.15) is 0 Å². The number of carbonyl (C=O) groups excluding carboxylic acids is 1. The lowest BCUT2D eigenvalue weighted by molar-refractivity contribution is 0.0508. The van der Waals surface area contributed by atoms with Crippen LogP contribution in [0.2, 0.25) is 0 Å². The Morgan fingerprint density at radius 3 is 2.55 bits per heavy atom. The second-order valence-electron chi connectivity index (χ2n) is 8.64. The fraction of sp³-hybridized carbons (Fsp3) is 0.619. The van der Waals surface area contributed by atoms with Gasteiger partial charge in [-0.05, 0) is 58.2 Å². The monoisotopic (exact) mass is 405 g/mol. The van der Waals surface area contributed by atoms with Gasteiger partial charge < -0.3 is 30.1 Å². The third-order valence-corrected chi connectivity index (χ3v) is 5.09.